The second-order valence-corrected chi connectivity index (χ2v) is 6.13. The van der Waals surface area contributed by atoms with Gasteiger partial charge in [0.1, 0.15) is 10.5 Å². The summed E-state index contributed by atoms with van der Waals surface area (Å²) in [6.45, 7) is 6.09. The lowest BCUT2D eigenvalue weighted by molar-refractivity contribution is 0.518. The number of nitrogens with one attached hydrogen (secondary N) is 2. The Balaban J connectivity index is 1.80. The Bertz CT molecular complexity index is 573. The molecular formula is C14H21N3OS. The number of H-pyrrole nitrogens is 1. The molecule has 2 aromatic heterocycles. The molecule has 0 bridgehead atoms. The van der Waals surface area contributed by atoms with Gasteiger partial charge in [-0.25, -0.2) is 4.98 Å². The zero-order chi connectivity index (χ0) is 13.7. The Labute approximate surface area is 117 Å². The van der Waals surface area contributed by atoms with E-state index in [0.29, 0.717) is 11.2 Å². The lowest BCUT2D eigenvalue weighted by Gasteiger charge is -2.06. The maximum Gasteiger partial charge on any atom is 0.268 e. The molecule has 0 spiro atoms. The first-order valence-corrected chi connectivity index (χ1v) is 7.72. The molecule has 0 fully saturated rings. The number of unbranched alkanes of at least 4 members (excludes halogenated alkanes) is 1. The van der Waals surface area contributed by atoms with Crippen molar-refractivity contribution in [1.82, 2.24) is 15.3 Å². The quantitative estimate of drug-likeness (QED) is 0.766. The number of aromatic amines is 1. The molecule has 2 rings (SSSR count). The molecule has 19 heavy (non-hydrogen) atoms. The van der Waals surface area contributed by atoms with Crippen LogP contribution in [0.2, 0.25) is 0 Å². The summed E-state index contributed by atoms with van der Waals surface area (Å²) in [5.74, 6) is 1.50. The third kappa shape index (κ3) is 4.14. The summed E-state index contributed by atoms with van der Waals surface area (Å²) in [4.78, 5) is 19.0. The largest absolute Gasteiger partial charge is 0.310 e. The molecule has 5 heteroatoms. The van der Waals surface area contributed by atoms with Crippen molar-refractivity contribution in [2.45, 2.75) is 39.7 Å². The van der Waals surface area contributed by atoms with E-state index in [1.165, 1.54) is 30.6 Å². The van der Waals surface area contributed by atoms with Crippen molar-refractivity contribution in [2.75, 3.05) is 6.54 Å². The van der Waals surface area contributed by atoms with Gasteiger partial charge in [-0.1, -0.05) is 26.7 Å². The minimum absolute atomic E-state index is 0.0309. The molecule has 0 atom stereocenters. The van der Waals surface area contributed by atoms with Crippen molar-refractivity contribution in [1.29, 1.82) is 0 Å². The van der Waals surface area contributed by atoms with Crippen LogP contribution >= 0.6 is 11.3 Å². The van der Waals surface area contributed by atoms with Crippen LogP contribution in [0.1, 0.15) is 38.9 Å². The molecule has 0 aliphatic heterocycles. The lowest BCUT2D eigenvalue weighted by atomic mass is 10.1. The standard InChI is InChI=1S/C14H21N3OS/c1-10(2)5-3-4-7-15-9-12-16-11-6-8-19-13(11)14(18)17-12/h6,8,10,15H,3-5,7,9H2,1-2H3,(H,16,17,18). The van der Waals surface area contributed by atoms with E-state index in [4.69, 9.17) is 0 Å². The van der Waals surface area contributed by atoms with Gasteiger partial charge >= 0.3 is 0 Å². The highest BCUT2D eigenvalue weighted by Crippen LogP contribution is 2.13. The van der Waals surface area contributed by atoms with Gasteiger partial charge in [0.25, 0.3) is 5.56 Å². The molecule has 0 aliphatic carbocycles. The SMILES string of the molecule is CC(C)CCCCNCc1nc2ccsc2c(=O)[nH]1. The monoisotopic (exact) mass is 279 g/mol. The highest BCUT2D eigenvalue weighted by molar-refractivity contribution is 7.17. The molecule has 0 saturated carbocycles. The van der Waals surface area contributed by atoms with Crippen molar-refractivity contribution in [2.24, 2.45) is 5.92 Å². The first kappa shape index (κ1) is 14.2. The topological polar surface area (TPSA) is 57.8 Å². The van der Waals surface area contributed by atoms with Crippen molar-refractivity contribution in [3.05, 3.63) is 27.6 Å². The van der Waals surface area contributed by atoms with Gasteiger partial charge in [-0.2, -0.15) is 0 Å². The number of hydrogen-bond donors (Lipinski definition) is 2. The van der Waals surface area contributed by atoms with E-state index < -0.39 is 0 Å². The number of fused-ring (bicyclic) bond motifs is 1. The highest BCUT2D eigenvalue weighted by Gasteiger charge is 2.04. The molecule has 104 valence electrons. The van der Waals surface area contributed by atoms with E-state index in [1.807, 2.05) is 11.4 Å². The van der Waals surface area contributed by atoms with Crippen molar-refractivity contribution in [3.8, 4) is 0 Å². The van der Waals surface area contributed by atoms with Crippen LogP contribution in [-0.2, 0) is 6.54 Å². The second kappa shape index (κ2) is 6.82. The molecule has 2 N–H and O–H groups in total. The Morgan fingerprint density at radius 2 is 2.26 bits per heavy atom. The van der Waals surface area contributed by atoms with Gasteiger partial charge in [-0.3, -0.25) is 4.79 Å². The van der Waals surface area contributed by atoms with Crippen LogP contribution in [0.5, 0.6) is 0 Å². The predicted molar refractivity (Wildman–Crippen MR) is 80.6 cm³/mol. The van der Waals surface area contributed by atoms with E-state index in [-0.39, 0.29) is 5.56 Å². The third-order valence-electron chi connectivity index (χ3n) is 3.04. The van der Waals surface area contributed by atoms with Gasteiger partial charge in [-0.15, -0.1) is 11.3 Å². The summed E-state index contributed by atoms with van der Waals surface area (Å²) < 4.78 is 0.709. The van der Waals surface area contributed by atoms with Gasteiger partial charge in [0, 0.05) is 0 Å². The van der Waals surface area contributed by atoms with Crippen LogP contribution in [0, 0.1) is 5.92 Å². The van der Waals surface area contributed by atoms with Crippen molar-refractivity contribution in [3.63, 3.8) is 0 Å². The van der Waals surface area contributed by atoms with Crippen LogP contribution < -0.4 is 10.9 Å². The summed E-state index contributed by atoms with van der Waals surface area (Å²) in [6.07, 6.45) is 3.69. The summed E-state index contributed by atoms with van der Waals surface area (Å²) in [7, 11) is 0. The zero-order valence-electron chi connectivity index (χ0n) is 11.5. The van der Waals surface area contributed by atoms with Crippen LogP contribution in [0.3, 0.4) is 0 Å². The molecule has 0 saturated heterocycles. The van der Waals surface area contributed by atoms with E-state index in [0.717, 1.165) is 23.8 Å². The van der Waals surface area contributed by atoms with Crippen LogP contribution in [-0.4, -0.2) is 16.5 Å². The molecule has 0 radical (unpaired) electrons. The fourth-order valence-electron chi connectivity index (χ4n) is 2.01. The second-order valence-electron chi connectivity index (χ2n) is 5.21. The Hall–Kier alpha value is -1.20. The number of nitrogens with zero attached hydrogens (tertiary/aromatic N) is 1. The lowest BCUT2D eigenvalue weighted by Crippen LogP contribution is -2.20. The van der Waals surface area contributed by atoms with Gasteiger partial charge in [0.05, 0.1) is 12.1 Å². The van der Waals surface area contributed by atoms with Gasteiger partial charge in [0.15, 0.2) is 0 Å². The molecular weight excluding hydrogens is 258 g/mol. The third-order valence-corrected chi connectivity index (χ3v) is 3.94. The smallest absolute Gasteiger partial charge is 0.268 e. The summed E-state index contributed by atoms with van der Waals surface area (Å²) in [5, 5.41) is 5.23. The van der Waals surface area contributed by atoms with Gasteiger partial charge in [-0.05, 0) is 30.3 Å². The van der Waals surface area contributed by atoms with Gasteiger partial charge < -0.3 is 10.3 Å². The number of rotatable bonds is 7. The van der Waals surface area contributed by atoms with Crippen LogP contribution in [0.4, 0.5) is 0 Å². The first-order valence-electron chi connectivity index (χ1n) is 6.84. The van der Waals surface area contributed by atoms with Gasteiger partial charge in [0.2, 0.25) is 0 Å². The Kier molecular flexibility index (Phi) is 5.10. The Morgan fingerprint density at radius 3 is 3.05 bits per heavy atom. The van der Waals surface area contributed by atoms with Crippen LogP contribution in [0.15, 0.2) is 16.2 Å². The number of thiophene rings is 1. The predicted octanol–water partition coefficient (Wildman–Crippen LogP) is 2.90. The zero-order valence-corrected chi connectivity index (χ0v) is 12.3. The molecule has 0 aliphatic rings. The van der Waals surface area contributed by atoms with Crippen molar-refractivity contribution < 1.29 is 0 Å². The minimum Gasteiger partial charge on any atom is -0.310 e. The normalized spacial score (nSPS) is 11.5. The molecule has 0 aromatic carbocycles. The average molecular weight is 279 g/mol. The molecule has 4 nitrogen and oxygen atoms in total. The fraction of sp³-hybridized carbons (Fsp3) is 0.571. The maximum atomic E-state index is 11.8. The average Bonchev–Trinajstić information content (AvgIpc) is 2.82. The summed E-state index contributed by atoms with van der Waals surface area (Å²) in [6, 6.07) is 1.89. The molecule has 2 heterocycles. The van der Waals surface area contributed by atoms with E-state index in [1.54, 1.807) is 0 Å². The highest BCUT2D eigenvalue weighted by atomic mass is 32.1. The fourth-order valence-corrected chi connectivity index (χ4v) is 2.74. The molecule has 0 unspecified atom stereocenters. The molecule has 2 aromatic rings. The maximum absolute atomic E-state index is 11.8. The van der Waals surface area contributed by atoms with E-state index in [2.05, 4.69) is 29.1 Å². The van der Waals surface area contributed by atoms with Crippen LogP contribution in [0.25, 0.3) is 10.2 Å². The van der Waals surface area contributed by atoms with Crippen molar-refractivity contribution >= 4 is 21.6 Å². The first-order chi connectivity index (χ1) is 9.16. The van der Waals surface area contributed by atoms with E-state index >= 15 is 0 Å². The summed E-state index contributed by atoms with van der Waals surface area (Å²) in [5.41, 5.74) is 0.766. The molecule has 0 amide bonds. The minimum atomic E-state index is -0.0309. The number of aromatic nitrogens is 2. The Morgan fingerprint density at radius 1 is 1.42 bits per heavy atom. The number of hydrogen-bond acceptors (Lipinski definition) is 4. The summed E-state index contributed by atoms with van der Waals surface area (Å²) >= 11 is 1.43. The van der Waals surface area contributed by atoms with E-state index in [9.17, 15) is 4.79 Å².